The van der Waals surface area contributed by atoms with Crippen molar-refractivity contribution in [1.82, 2.24) is 9.80 Å². The van der Waals surface area contributed by atoms with Crippen LogP contribution < -0.4 is 9.47 Å². The molecule has 4 rings (SSSR count). The molecule has 0 aromatic heterocycles. The van der Waals surface area contributed by atoms with Gasteiger partial charge in [-0.05, 0) is 67.3 Å². The van der Waals surface area contributed by atoms with E-state index in [4.69, 9.17) is 9.47 Å². The van der Waals surface area contributed by atoms with E-state index in [9.17, 15) is 0 Å². The van der Waals surface area contributed by atoms with Crippen LogP contribution in [0.3, 0.4) is 0 Å². The van der Waals surface area contributed by atoms with Gasteiger partial charge in [-0.15, -0.1) is 0 Å². The van der Waals surface area contributed by atoms with Gasteiger partial charge < -0.3 is 14.4 Å². The number of hydrogen-bond acceptors (Lipinski definition) is 4. The van der Waals surface area contributed by atoms with Crippen molar-refractivity contribution in [1.29, 1.82) is 0 Å². The van der Waals surface area contributed by atoms with Crippen molar-refractivity contribution in [3.8, 4) is 11.5 Å². The van der Waals surface area contributed by atoms with Crippen LogP contribution in [0.2, 0.25) is 0 Å². The molecule has 1 aromatic carbocycles. The molecule has 2 aliphatic heterocycles. The Kier molecular flexibility index (Phi) is 5.63. The van der Waals surface area contributed by atoms with E-state index >= 15 is 0 Å². The highest BCUT2D eigenvalue weighted by molar-refractivity contribution is 5.49. The highest BCUT2D eigenvalue weighted by Gasteiger charge is 2.38. The smallest absolute Gasteiger partial charge is 0.161 e. The molecule has 3 aliphatic rings. The van der Waals surface area contributed by atoms with Crippen LogP contribution in [0, 0.1) is 11.3 Å². The van der Waals surface area contributed by atoms with Crippen molar-refractivity contribution in [3.05, 3.63) is 23.3 Å². The van der Waals surface area contributed by atoms with Crippen LogP contribution in [-0.2, 0) is 6.42 Å². The van der Waals surface area contributed by atoms with Crippen LogP contribution in [0.25, 0.3) is 0 Å². The second-order valence-corrected chi connectivity index (χ2v) is 10.4. The van der Waals surface area contributed by atoms with Gasteiger partial charge in [0, 0.05) is 31.7 Å². The normalized spacial score (nSPS) is 26.3. The van der Waals surface area contributed by atoms with Crippen LogP contribution in [0.15, 0.2) is 12.1 Å². The lowest BCUT2D eigenvalue weighted by Crippen LogP contribution is -2.55. The molecule has 0 amide bonds. The van der Waals surface area contributed by atoms with E-state index in [0.29, 0.717) is 17.5 Å². The minimum absolute atomic E-state index is 0.370. The Morgan fingerprint density at radius 2 is 1.89 bits per heavy atom. The van der Waals surface area contributed by atoms with Gasteiger partial charge in [-0.1, -0.05) is 27.2 Å². The third-order valence-corrected chi connectivity index (χ3v) is 6.97. The van der Waals surface area contributed by atoms with E-state index in [0.717, 1.165) is 43.5 Å². The minimum Gasteiger partial charge on any atom is -0.493 e. The molecule has 0 radical (unpaired) electrons. The molecular weight excluding hydrogens is 348 g/mol. The molecule has 1 aliphatic carbocycles. The standard InChI is InChI=1S/C24H38N2O2/c1-24(2,3)13-19-14-26-10-9-18-11-23(28-16-17-7-6-8-17)22(27-5)12-20(18)21(26)15-25(19)4/h11-12,17,19,21H,6-10,13-16H2,1-5H3/t19-,21-/m1/s1. The molecule has 2 atom stereocenters. The lowest BCUT2D eigenvalue weighted by molar-refractivity contribution is 0.0213. The summed E-state index contributed by atoms with van der Waals surface area (Å²) < 4.78 is 11.9. The molecule has 0 unspecified atom stereocenters. The van der Waals surface area contributed by atoms with Gasteiger partial charge in [0.25, 0.3) is 0 Å². The molecule has 1 saturated carbocycles. The zero-order valence-electron chi connectivity index (χ0n) is 18.5. The van der Waals surface area contributed by atoms with Crippen molar-refractivity contribution >= 4 is 0 Å². The van der Waals surface area contributed by atoms with E-state index in [2.05, 4.69) is 49.8 Å². The van der Waals surface area contributed by atoms with Crippen molar-refractivity contribution < 1.29 is 9.47 Å². The largest absolute Gasteiger partial charge is 0.493 e. The predicted molar refractivity (Wildman–Crippen MR) is 114 cm³/mol. The van der Waals surface area contributed by atoms with E-state index in [-0.39, 0.29) is 0 Å². The third kappa shape index (κ3) is 4.18. The summed E-state index contributed by atoms with van der Waals surface area (Å²) in [7, 11) is 4.07. The Labute approximate surface area is 171 Å². The Bertz CT molecular complexity index is 693. The molecule has 156 valence electrons. The Morgan fingerprint density at radius 1 is 1.11 bits per heavy atom. The molecule has 0 spiro atoms. The summed E-state index contributed by atoms with van der Waals surface area (Å²) in [6, 6.07) is 5.65. The van der Waals surface area contributed by atoms with Gasteiger partial charge in [-0.25, -0.2) is 0 Å². The summed E-state index contributed by atoms with van der Waals surface area (Å²) >= 11 is 0. The Morgan fingerprint density at radius 3 is 2.54 bits per heavy atom. The van der Waals surface area contributed by atoms with Gasteiger partial charge in [-0.2, -0.15) is 0 Å². The van der Waals surface area contributed by atoms with Gasteiger partial charge in [0.1, 0.15) is 0 Å². The van der Waals surface area contributed by atoms with Crippen molar-refractivity contribution in [2.45, 2.75) is 65.0 Å². The number of fused-ring (bicyclic) bond motifs is 3. The fourth-order valence-electron chi connectivity index (χ4n) is 5.09. The second-order valence-electron chi connectivity index (χ2n) is 10.4. The second kappa shape index (κ2) is 7.87. The summed E-state index contributed by atoms with van der Waals surface area (Å²) in [5.41, 5.74) is 3.27. The zero-order chi connectivity index (χ0) is 19.9. The lowest BCUT2D eigenvalue weighted by atomic mass is 9.84. The molecule has 28 heavy (non-hydrogen) atoms. The molecule has 2 heterocycles. The molecule has 4 heteroatoms. The lowest BCUT2D eigenvalue weighted by Gasteiger charge is -2.49. The van der Waals surface area contributed by atoms with Crippen LogP contribution in [-0.4, -0.2) is 56.2 Å². The maximum absolute atomic E-state index is 6.18. The summed E-state index contributed by atoms with van der Waals surface area (Å²) in [6.45, 7) is 11.3. The molecule has 4 nitrogen and oxygen atoms in total. The first-order valence-corrected chi connectivity index (χ1v) is 11.1. The first kappa shape index (κ1) is 20.0. The molecule has 0 N–H and O–H groups in total. The fourth-order valence-corrected chi connectivity index (χ4v) is 5.09. The van der Waals surface area contributed by atoms with Gasteiger partial charge in [0.15, 0.2) is 11.5 Å². The van der Waals surface area contributed by atoms with Crippen molar-refractivity contribution in [3.63, 3.8) is 0 Å². The number of rotatable bonds is 5. The third-order valence-electron chi connectivity index (χ3n) is 6.97. The number of benzene rings is 1. The Balaban J connectivity index is 1.52. The monoisotopic (exact) mass is 386 g/mol. The highest BCUT2D eigenvalue weighted by atomic mass is 16.5. The summed E-state index contributed by atoms with van der Waals surface area (Å²) in [5.74, 6) is 2.58. The maximum atomic E-state index is 6.18. The van der Waals surface area contributed by atoms with E-state index in [1.165, 1.54) is 43.4 Å². The summed E-state index contributed by atoms with van der Waals surface area (Å²) in [6.07, 6.45) is 6.34. The fraction of sp³-hybridized carbons (Fsp3) is 0.750. The van der Waals surface area contributed by atoms with Crippen LogP contribution in [0.1, 0.15) is 63.6 Å². The van der Waals surface area contributed by atoms with Gasteiger partial charge >= 0.3 is 0 Å². The summed E-state index contributed by atoms with van der Waals surface area (Å²) in [5, 5.41) is 0. The van der Waals surface area contributed by atoms with E-state index in [1.54, 1.807) is 7.11 Å². The molecular formula is C24H38N2O2. The highest BCUT2D eigenvalue weighted by Crippen LogP contribution is 2.41. The molecule has 1 aromatic rings. The van der Waals surface area contributed by atoms with Gasteiger partial charge in [0.05, 0.1) is 13.7 Å². The molecule has 1 saturated heterocycles. The quantitative estimate of drug-likeness (QED) is 0.743. The van der Waals surface area contributed by atoms with Crippen LogP contribution in [0.5, 0.6) is 11.5 Å². The first-order chi connectivity index (χ1) is 13.3. The van der Waals surface area contributed by atoms with Crippen LogP contribution >= 0.6 is 0 Å². The number of hydrogen-bond donors (Lipinski definition) is 0. The number of nitrogens with zero attached hydrogens (tertiary/aromatic N) is 2. The van der Waals surface area contributed by atoms with E-state index < -0.39 is 0 Å². The van der Waals surface area contributed by atoms with Crippen molar-refractivity contribution in [2.24, 2.45) is 11.3 Å². The SMILES string of the molecule is COc1cc2c(cc1OCC1CCC1)CCN1C[C@@H](CC(C)(C)C)N(C)C[C@H]21. The molecule has 2 fully saturated rings. The van der Waals surface area contributed by atoms with Crippen LogP contribution in [0.4, 0.5) is 0 Å². The molecule has 0 bridgehead atoms. The number of methoxy groups -OCH3 is 1. The Hall–Kier alpha value is -1.26. The minimum atomic E-state index is 0.370. The average Bonchev–Trinajstić information content (AvgIpc) is 2.59. The zero-order valence-corrected chi connectivity index (χ0v) is 18.5. The summed E-state index contributed by atoms with van der Waals surface area (Å²) in [4.78, 5) is 5.28. The first-order valence-electron chi connectivity index (χ1n) is 11.1. The van der Waals surface area contributed by atoms with Crippen molar-refractivity contribution in [2.75, 3.05) is 40.4 Å². The van der Waals surface area contributed by atoms with E-state index in [1.807, 2.05) is 0 Å². The van der Waals surface area contributed by atoms with Gasteiger partial charge in [-0.3, -0.25) is 4.90 Å². The van der Waals surface area contributed by atoms with Gasteiger partial charge in [0.2, 0.25) is 0 Å². The predicted octanol–water partition coefficient (Wildman–Crippen LogP) is 4.52. The number of ether oxygens (including phenoxy) is 2. The maximum Gasteiger partial charge on any atom is 0.161 e. The number of piperazine rings is 1. The topological polar surface area (TPSA) is 24.9 Å². The number of likely N-dealkylation sites (N-methyl/N-ethyl adjacent to an activating group) is 1. The average molecular weight is 387 g/mol.